The Morgan fingerprint density at radius 1 is 1.12 bits per heavy atom. The highest BCUT2D eigenvalue weighted by atomic mass is 35.5. The van der Waals surface area contributed by atoms with Crippen LogP contribution in [0, 0.1) is 6.92 Å². The number of nitrogens with one attached hydrogen (secondary N) is 3. The van der Waals surface area contributed by atoms with E-state index in [-0.39, 0.29) is 5.91 Å². The van der Waals surface area contributed by atoms with E-state index in [0.717, 1.165) is 49.5 Å². The first-order valence-corrected chi connectivity index (χ1v) is 13.8. The minimum absolute atomic E-state index is 0.0854. The van der Waals surface area contributed by atoms with Crippen LogP contribution in [0.25, 0.3) is 22.6 Å². The molecule has 0 atom stereocenters. The number of aromatic nitrogens is 5. The number of imidazole rings is 1. The highest BCUT2D eigenvalue weighted by Gasteiger charge is 2.20. The number of carbonyl (C=O) groups is 1. The third-order valence-corrected chi connectivity index (χ3v) is 7.00. The van der Waals surface area contributed by atoms with E-state index in [2.05, 4.69) is 35.8 Å². The lowest BCUT2D eigenvalue weighted by atomic mass is 10.2. The molecular weight excluding hydrogens is 530 g/mol. The molecule has 0 unspecified atom stereocenters. The summed E-state index contributed by atoms with van der Waals surface area (Å²) in [6.45, 7) is 10.5. The van der Waals surface area contributed by atoms with Crippen LogP contribution in [0.5, 0.6) is 5.75 Å². The van der Waals surface area contributed by atoms with Gasteiger partial charge < -0.3 is 25.3 Å². The number of benzene rings is 1. The number of fused-ring (bicyclic) bond motifs is 1. The molecule has 40 heavy (non-hydrogen) atoms. The number of ether oxygens (including phenoxy) is 1. The second kappa shape index (κ2) is 13.0. The average Bonchev–Trinajstić information content (AvgIpc) is 3.30. The number of aryl methyl sites for hydroxylation is 1. The van der Waals surface area contributed by atoms with Gasteiger partial charge in [0.15, 0.2) is 17.0 Å². The Morgan fingerprint density at radius 2 is 1.98 bits per heavy atom. The van der Waals surface area contributed by atoms with Crippen molar-refractivity contribution in [3.05, 3.63) is 59.1 Å². The Morgan fingerprint density at radius 3 is 2.75 bits per heavy atom. The lowest BCUT2D eigenvalue weighted by Crippen LogP contribution is -2.44. The normalized spacial score (nSPS) is 13.9. The fourth-order valence-electron chi connectivity index (χ4n) is 4.68. The van der Waals surface area contributed by atoms with E-state index in [9.17, 15) is 4.79 Å². The van der Waals surface area contributed by atoms with Crippen LogP contribution in [0.15, 0.2) is 42.9 Å². The first kappa shape index (κ1) is 27.8. The monoisotopic (exact) mass is 563 g/mol. The quantitative estimate of drug-likeness (QED) is 0.236. The van der Waals surface area contributed by atoms with Gasteiger partial charge in [-0.2, -0.15) is 0 Å². The molecule has 210 valence electrons. The van der Waals surface area contributed by atoms with Crippen LogP contribution in [-0.4, -0.2) is 87.7 Å². The number of halogens is 1. The summed E-state index contributed by atoms with van der Waals surface area (Å²) in [5.74, 6) is 1.86. The second-order valence-electron chi connectivity index (χ2n) is 9.73. The van der Waals surface area contributed by atoms with Crippen molar-refractivity contribution in [3.8, 4) is 17.1 Å². The van der Waals surface area contributed by atoms with Gasteiger partial charge in [-0.15, -0.1) is 0 Å². The number of rotatable bonds is 11. The van der Waals surface area contributed by atoms with E-state index in [1.54, 1.807) is 6.20 Å². The van der Waals surface area contributed by atoms with Gasteiger partial charge in [-0.3, -0.25) is 14.7 Å². The minimum Gasteiger partial charge on any atom is -0.492 e. The third-order valence-electron chi connectivity index (χ3n) is 6.68. The van der Waals surface area contributed by atoms with Crippen molar-refractivity contribution in [2.45, 2.75) is 20.4 Å². The van der Waals surface area contributed by atoms with Gasteiger partial charge in [-0.05, 0) is 42.8 Å². The maximum Gasteiger partial charge on any atom is 0.216 e. The van der Waals surface area contributed by atoms with Gasteiger partial charge in [0.2, 0.25) is 5.91 Å². The number of nitrogens with zero attached hydrogens (tertiary/aromatic N) is 6. The average molecular weight is 564 g/mol. The predicted octanol–water partition coefficient (Wildman–Crippen LogP) is 2.73. The van der Waals surface area contributed by atoms with Crippen LogP contribution in [0.4, 0.5) is 5.82 Å². The molecule has 0 bridgehead atoms. The lowest BCUT2D eigenvalue weighted by Gasteiger charge is -2.26. The number of pyridine rings is 1. The van der Waals surface area contributed by atoms with Crippen molar-refractivity contribution >= 4 is 34.5 Å². The van der Waals surface area contributed by atoms with Gasteiger partial charge in [-0.1, -0.05) is 11.6 Å². The molecule has 11 nitrogen and oxygen atoms in total. The van der Waals surface area contributed by atoms with Gasteiger partial charge in [0, 0.05) is 64.5 Å². The minimum atomic E-state index is -0.0854. The number of anilines is 1. The summed E-state index contributed by atoms with van der Waals surface area (Å²) < 4.78 is 8.03. The largest absolute Gasteiger partial charge is 0.492 e. The molecule has 4 heterocycles. The van der Waals surface area contributed by atoms with Crippen LogP contribution >= 0.6 is 11.6 Å². The molecule has 12 heteroatoms. The molecule has 1 amide bonds. The van der Waals surface area contributed by atoms with Gasteiger partial charge in [-0.25, -0.2) is 15.0 Å². The zero-order valence-corrected chi connectivity index (χ0v) is 23.5. The van der Waals surface area contributed by atoms with Gasteiger partial charge in [0.25, 0.3) is 0 Å². The molecule has 0 saturated carbocycles. The number of piperazine rings is 1. The fraction of sp³-hybridized carbons (Fsp3) is 0.393. The maximum absolute atomic E-state index is 11.2. The van der Waals surface area contributed by atoms with E-state index in [0.29, 0.717) is 59.8 Å². The van der Waals surface area contributed by atoms with E-state index < -0.39 is 0 Å². The van der Waals surface area contributed by atoms with Crippen LogP contribution in [0.2, 0.25) is 5.02 Å². The van der Waals surface area contributed by atoms with Crippen molar-refractivity contribution in [3.63, 3.8) is 0 Å². The zero-order valence-electron chi connectivity index (χ0n) is 22.8. The molecule has 5 rings (SSSR count). The van der Waals surface area contributed by atoms with Gasteiger partial charge in [0.1, 0.15) is 24.5 Å². The van der Waals surface area contributed by atoms with Crippen LogP contribution in [-0.2, 0) is 11.3 Å². The summed E-state index contributed by atoms with van der Waals surface area (Å²) in [4.78, 5) is 32.1. The van der Waals surface area contributed by atoms with Crippen molar-refractivity contribution in [1.82, 2.24) is 40.0 Å². The SMILES string of the molecule is CC(=O)NCCNc1ncnc2c1nc(-c1ccc(OCCN3CCNCC3)cc1Cl)n2Cc1cc(C)ccn1. The molecule has 1 fully saturated rings. The predicted molar refractivity (Wildman–Crippen MR) is 156 cm³/mol. The maximum atomic E-state index is 11.2. The Balaban J connectivity index is 1.43. The third kappa shape index (κ3) is 6.85. The van der Waals surface area contributed by atoms with Gasteiger partial charge >= 0.3 is 0 Å². The molecule has 0 radical (unpaired) electrons. The van der Waals surface area contributed by atoms with E-state index in [1.165, 1.54) is 13.3 Å². The van der Waals surface area contributed by atoms with Crippen molar-refractivity contribution in [2.75, 3.05) is 57.7 Å². The highest BCUT2D eigenvalue weighted by molar-refractivity contribution is 6.33. The number of amides is 1. The Bertz CT molecular complexity index is 1470. The Hall–Kier alpha value is -3.80. The standard InChI is InChI=1S/C28H34ClN9O2/c1-19-5-6-32-21(15-19)17-38-27(36-25-26(34-18-35-28(25)38)33-8-7-31-20(2)39)23-4-3-22(16-24(23)29)40-14-13-37-11-9-30-10-12-37/h3-6,15-16,18,30H,7-14,17H2,1-2H3,(H,31,39)(H,33,34,35). The lowest BCUT2D eigenvalue weighted by molar-refractivity contribution is -0.118. The molecule has 0 aliphatic carbocycles. The van der Waals surface area contributed by atoms with Crippen LogP contribution in [0.1, 0.15) is 18.2 Å². The molecule has 3 N–H and O–H groups in total. The molecule has 1 aliphatic heterocycles. The number of hydrogen-bond acceptors (Lipinski definition) is 9. The van der Waals surface area contributed by atoms with Crippen molar-refractivity contribution in [1.29, 1.82) is 0 Å². The molecular formula is C28H34ClN9O2. The second-order valence-corrected chi connectivity index (χ2v) is 10.1. The summed E-state index contributed by atoms with van der Waals surface area (Å²) in [7, 11) is 0. The summed E-state index contributed by atoms with van der Waals surface area (Å²) in [5.41, 5.74) is 4.02. The van der Waals surface area contributed by atoms with Crippen LogP contribution in [0.3, 0.4) is 0 Å². The van der Waals surface area contributed by atoms with E-state index in [4.69, 9.17) is 21.3 Å². The number of carbonyl (C=O) groups excluding carboxylic acids is 1. The first-order chi connectivity index (χ1) is 19.5. The molecule has 4 aromatic rings. The summed E-state index contributed by atoms with van der Waals surface area (Å²) in [5, 5.41) is 9.93. The van der Waals surface area contributed by atoms with Crippen molar-refractivity contribution in [2.24, 2.45) is 0 Å². The Labute approximate surface area is 238 Å². The van der Waals surface area contributed by atoms with Gasteiger partial charge in [0.05, 0.1) is 17.3 Å². The molecule has 3 aromatic heterocycles. The van der Waals surface area contributed by atoms with Crippen molar-refractivity contribution < 1.29 is 9.53 Å². The first-order valence-electron chi connectivity index (χ1n) is 13.4. The summed E-state index contributed by atoms with van der Waals surface area (Å²) in [6, 6.07) is 9.70. The smallest absolute Gasteiger partial charge is 0.216 e. The molecule has 1 saturated heterocycles. The highest BCUT2D eigenvalue weighted by Crippen LogP contribution is 2.34. The van der Waals surface area contributed by atoms with E-state index in [1.807, 2.05) is 41.8 Å². The van der Waals surface area contributed by atoms with E-state index >= 15 is 0 Å². The topological polar surface area (TPSA) is 122 Å². The Kier molecular flexibility index (Phi) is 9.04. The summed E-state index contributed by atoms with van der Waals surface area (Å²) in [6.07, 6.45) is 3.30. The summed E-state index contributed by atoms with van der Waals surface area (Å²) >= 11 is 6.83. The fourth-order valence-corrected chi connectivity index (χ4v) is 4.94. The molecule has 1 aliphatic rings. The molecule has 1 aromatic carbocycles. The molecule has 0 spiro atoms. The zero-order chi connectivity index (χ0) is 27.9. The van der Waals surface area contributed by atoms with Crippen LogP contribution < -0.4 is 20.7 Å². The number of hydrogen-bond donors (Lipinski definition) is 3.